The Balaban J connectivity index is 1.40. The number of aromatic nitrogens is 1. The Morgan fingerprint density at radius 3 is 2.54 bits per heavy atom. The molecule has 0 unspecified atom stereocenters. The third-order valence-electron chi connectivity index (χ3n) is 5.38. The zero-order valence-electron chi connectivity index (χ0n) is 16.6. The Hall–Kier alpha value is -2.85. The van der Waals surface area contributed by atoms with Gasteiger partial charge >= 0.3 is 0 Å². The summed E-state index contributed by atoms with van der Waals surface area (Å²) in [5.74, 6) is 1.92. The lowest BCUT2D eigenvalue weighted by Gasteiger charge is -2.35. The third-order valence-corrected chi connectivity index (χ3v) is 5.38. The largest absolute Gasteiger partial charge is 0.497 e. The summed E-state index contributed by atoms with van der Waals surface area (Å²) < 4.78 is 5.36. The van der Waals surface area contributed by atoms with Crippen molar-refractivity contribution in [3.05, 3.63) is 71.8 Å². The highest BCUT2D eigenvalue weighted by molar-refractivity contribution is 5.85. The standard InChI is InChI=1S/C24H27N3O/c1-19-17-24(25-23-18-21(28-2)10-11-22(19)23)27-15-13-26(14-16-27)12-6-9-20-7-4-3-5-8-20/h3-11,17-18H,12-16H2,1-2H3/b9-6+. The van der Waals surface area contributed by atoms with E-state index >= 15 is 0 Å². The Labute approximate surface area is 167 Å². The van der Waals surface area contributed by atoms with Crippen molar-refractivity contribution in [2.45, 2.75) is 6.92 Å². The van der Waals surface area contributed by atoms with Crippen LogP contribution in [0.15, 0.2) is 60.7 Å². The summed E-state index contributed by atoms with van der Waals surface area (Å²) in [5.41, 5.74) is 3.52. The zero-order valence-corrected chi connectivity index (χ0v) is 16.6. The van der Waals surface area contributed by atoms with E-state index in [1.807, 2.05) is 12.1 Å². The van der Waals surface area contributed by atoms with Crippen molar-refractivity contribution in [2.75, 3.05) is 44.7 Å². The minimum absolute atomic E-state index is 0.853. The molecule has 0 aliphatic carbocycles. The number of methoxy groups -OCH3 is 1. The maximum atomic E-state index is 5.36. The van der Waals surface area contributed by atoms with Crippen LogP contribution in [-0.2, 0) is 0 Å². The van der Waals surface area contributed by atoms with Crippen molar-refractivity contribution in [3.63, 3.8) is 0 Å². The topological polar surface area (TPSA) is 28.6 Å². The smallest absolute Gasteiger partial charge is 0.129 e. The lowest BCUT2D eigenvalue weighted by molar-refractivity contribution is 0.284. The van der Waals surface area contributed by atoms with Crippen LogP contribution in [0.2, 0.25) is 0 Å². The van der Waals surface area contributed by atoms with Crippen LogP contribution in [0.5, 0.6) is 5.75 Å². The first-order valence-corrected chi connectivity index (χ1v) is 9.87. The van der Waals surface area contributed by atoms with Crippen molar-refractivity contribution >= 4 is 22.8 Å². The summed E-state index contributed by atoms with van der Waals surface area (Å²) in [4.78, 5) is 9.79. The first-order valence-electron chi connectivity index (χ1n) is 9.87. The molecule has 1 aliphatic rings. The van der Waals surface area contributed by atoms with Crippen molar-refractivity contribution in [3.8, 4) is 5.75 Å². The van der Waals surface area contributed by atoms with Crippen LogP contribution >= 0.6 is 0 Å². The van der Waals surface area contributed by atoms with Crippen molar-refractivity contribution in [1.29, 1.82) is 0 Å². The predicted molar refractivity (Wildman–Crippen MR) is 117 cm³/mol. The number of benzene rings is 2. The molecule has 144 valence electrons. The van der Waals surface area contributed by atoms with Gasteiger partial charge in [0.15, 0.2) is 0 Å². The third kappa shape index (κ3) is 4.18. The highest BCUT2D eigenvalue weighted by Gasteiger charge is 2.18. The van der Waals surface area contributed by atoms with Crippen LogP contribution in [-0.4, -0.2) is 49.7 Å². The monoisotopic (exact) mass is 373 g/mol. The van der Waals surface area contributed by atoms with Gasteiger partial charge in [-0.3, -0.25) is 4.90 Å². The molecule has 2 heterocycles. The van der Waals surface area contributed by atoms with E-state index in [0.29, 0.717) is 0 Å². The molecule has 2 aromatic carbocycles. The van der Waals surface area contributed by atoms with Crippen molar-refractivity contribution in [1.82, 2.24) is 9.88 Å². The van der Waals surface area contributed by atoms with Crippen molar-refractivity contribution in [2.24, 2.45) is 0 Å². The van der Waals surface area contributed by atoms with Gasteiger partial charge in [-0.25, -0.2) is 4.98 Å². The highest BCUT2D eigenvalue weighted by atomic mass is 16.5. The molecule has 0 saturated carbocycles. The first kappa shape index (κ1) is 18.5. The summed E-state index contributed by atoms with van der Waals surface area (Å²) in [6.07, 6.45) is 4.46. The number of fused-ring (bicyclic) bond motifs is 1. The molecule has 0 N–H and O–H groups in total. The minimum Gasteiger partial charge on any atom is -0.497 e. The number of hydrogen-bond acceptors (Lipinski definition) is 4. The summed E-state index contributed by atoms with van der Waals surface area (Å²) >= 11 is 0. The van der Waals surface area contributed by atoms with Crippen LogP contribution in [0.25, 0.3) is 17.0 Å². The van der Waals surface area contributed by atoms with E-state index in [-0.39, 0.29) is 0 Å². The number of piperazine rings is 1. The van der Waals surface area contributed by atoms with Crippen LogP contribution in [0.3, 0.4) is 0 Å². The zero-order chi connectivity index (χ0) is 19.3. The normalized spacial score (nSPS) is 15.4. The maximum Gasteiger partial charge on any atom is 0.129 e. The molecule has 4 heteroatoms. The fourth-order valence-electron chi connectivity index (χ4n) is 3.72. The Kier molecular flexibility index (Phi) is 5.58. The average molecular weight is 374 g/mol. The number of pyridine rings is 1. The van der Waals surface area contributed by atoms with E-state index in [2.05, 4.69) is 71.3 Å². The quantitative estimate of drug-likeness (QED) is 0.663. The van der Waals surface area contributed by atoms with Gasteiger partial charge in [0.25, 0.3) is 0 Å². The molecule has 0 radical (unpaired) electrons. The minimum atomic E-state index is 0.853. The Bertz CT molecular complexity index is 960. The Morgan fingerprint density at radius 2 is 1.79 bits per heavy atom. The Morgan fingerprint density at radius 1 is 1.00 bits per heavy atom. The number of anilines is 1. The van der Waals surface area contributed by atoms with Gasteiger partial charge in [0.2, 0.25) is 0 Å². The number of rotatable bonds is 5. The van der Waals surface area contributed by atoms with E-state index in [1.54, 1.807) is 7.11 Å². The van der Waals surface area contributed by atoms with Crippen LogP contribution < -0.4 is 9.64 Å². The van der Waals surface area contributed by atoms with Gasteiger partial charge in [-0.1, -0.05) is 42.5 Å². The fraction of sp³-hybridized carbons (Fsp3) is 0.292. The van der Waals surface area contributed by atoms with Gasteiger partial charge in [-0.05, 0) is 36.2 Å². The molecule has 1 aromatic heterocycles. The molecule has 0 amide bonds. The molecular weight excluding hydrogens is 346 g/mol. The second-order valence-electron chi connectivity index (χ2n) is 7.28. The lowest BCUT2D eigenvalue weighted by atomic mass is 10.1. The highest BCUT2D eigenvalue weighted by Crippen LogP contribution is 2.26. The molecule has 1 aliphatic heterocycles. The van der Waals surface area contributed by atoms with Crippen LogP contribution in [0, 0.1) is 6.92 Å². The van der Waals surface area contributed by atoms with Crippen LogP contribution in [0.1, 0.15) is 11.1 Å². The summed E-state index contributed by atoms with van der Waals surface area (Å²) in [5, 5.41) is 1.19. The fourth-order valence-corrected chi connectivity index (χ4v) is 3.72. The number of aryl methyl sites for hydroxylation is 1. The van der Waals surface area contributed by atoms with E-state index in [4.69, 9.17) is 9.72 Å². The van der Waals surface area contributed by atoms with E-state index in [9.17, 15) is 0 Å². The van der Waals surface area contributed by atoms with Gasteiger partial charge in [0.1, 0.15) is 11.6 Å². The lowest BCUT2D eigenvalue weighted by Crippen LogP contribution is -2.46. The number of nitrogens with zero attached hydrogens (tertiary/aromatic N) is 3. The molecule has 0 atom stereocenters. The maximum absolute atomic E-state index is 5.36. The molecule has 0 spiro atoms. The summed E-state index contributed by atoms with van der Waals surface area (Å²) in [6, 6.07) is 18.8. The van der Waals surface area contributed by atoms with Gasteiger partial charge in [-0.2, -0.15) is 0 Å². The molecule has 4 rings (SSSR count). The SMILES string of the molecule is COc1ccc2c(C)cc(N3CCN(C/C=C/c4ccccc4)CC3)nc2c1. The molecule has 1 fully saturated rings. The first-order chi connectivity index (χ1) is 13.7. The molecule has 3 aromatic rings. The van der Waals surface area contributed by atoms with Gasteiger partial charge in [0, 0.05) is 44.2 Å². The van der Waals surface area contributed by atoms with E-state index in [1.165, 1.54) is 16.5 Å². The molecule has 28 heavy (non-hydrogen) atoms. The second kappa shape index (κ2) is 8.44. The van der Waals surface area contributed by atoms with Gasteiger partial charge in [-0.15, -0.1) is 0 Å². The van der Waals surface area contributed by atoms with E-state index in [0.717, 1.165) is 49.8 Å². The molecule has 1 saturated heterocycles. The van der Waals surface area contributed by atoms with Crippen molar-refractivity contribution < 1.29 is 4.74 Å². The summed E-state index contributed by atoms with van der Waals surface area (Å²) in [7, 11) is 1.70. The van der Waals surface area contributed by atoms with Gasteiger partial charge in [0.05, 0.1) is 12.6 Å². The molecular formula is C24H27N3O. The molecule has 4 nitrogen and oxygen atoms in total. The average Bonchev–Trinajstić information content (AvgIpc) is 2.74. The number of hydrogen-bond donors (Lipinski definition) is 0. The number of ether oxygens (including phenoxy) is 1. The van der Waals surface area contributed by atoms with Gasteiger partial charge < -0.3 is 9.64 Å². The molecule has 0 bridgehead atoms. The predicted octanol–water partition coefficient (Wildman–Crippen LogP) is 4.39. The second-order valence-corrected chi connectivity index (χ2v) is 7.28. The summed E-state index contributed by atoms with van der Waals surface area (Å²) in [6.45, 7) is 7.25. The van der Waals surface area contributed by atoms with E-state index < -0.39 is 0 Å². The van der Waals surface area contributed by atoms with Crippen LogP contribution in [0.4, 0.5) is 5.82 Å².